The minimum atomic E-state index is -1.69. The minimum Gasteiger partial charge on any atom is -0.461 e. The number of nitrogens with zero attached hydrogens (tertiary/aromatic N) is 1. The van der Waals surface area contributed by atoms with Gasteiger partial charge >= 0.3 is 17.9 Å². The number of fused-ring (bicyclic) bond motifs is 1. The topological polar surface area (TPSA) is 148 Å². The van der Waals surface area contributed by atoms with E-state index in [1.165, 1.54) is 39.7 Å². The highest BCUT2D eigenvalue weighted by Crippen LogP contribution is 2.44. The number of allylic oxidation sites excluding steroid dienone is 2. The van der Waals surface area contributed by atoms with Crippen molar-refractivity contribution < 1.29 is 47.1 Å². The van der Waals surface area contributed by atoms with Gasteiger partial charge in [0.1, 0.15) is 22.0 Å². The number of esters is 3. The third-order valence-corrected chi connectivity index (χ3v) is 11.9. The molecule has 11 nitrogen and oxygen atoms in total. The van der Waals surface area contributed by atoms with Crippen molar-refractivity contribution in [2.24, 2.45) is 5.92 Å². The van der Waals surface area contributed by atoms with E-state index in [0.717, 1.165) is 25.4 Å². The standard InChI is InChI=1S/C37H32FNO10S4/c1-21(19-47-39(43)44)14-34(40)46-20-32(37(42)48-26-9-6-24(7-10-26)33-18-36(50)52-51-33)49-35(41)17-30-22(2)29(28-13-8-25(38)16-31(28)30)15-23-4-11-27(12-5-23)53(3)45/h4-13,15-16,18,21,32H,14,17,19-20H2,1-3H3/b29-15-. The van der Waals surface area contributed by atoms with Crippen molar-refractivity contribution in [3.05, 3.63) is 115 Å². The van der Waals surface area contributed by atoms with E-state index in [9.17, 15) is 33.1 Å². The van der Waals surface area contributed by atoms with Gasteiger partial charge in [-0.2, -0.15) is 0 Å². The number of rotatable bonds is 15. The minimum absolute atomic E-state index is 0.141. The highest BCUT2D eigenvalue weighted by atomic mass is 32.9. The fraction of sp³-hybridized carbons (Fsp3) is 0.243. The third-order valence-electron chi connectivity index (χ3n) is 8.03. The van der Waals surface area contributed by atoms with E-state index in [-0.39, 0.29) is 25.2 Å². The Bertz CT molecular complexity index is 2170. The van der Waals surface area contributed by atoms with Gasteiger partial charge in [0.05, 0.1) is 13.0 Å². The first-order valence-corrected chi connectivity index (χ1v) is 20.1. The maximum atomic E-state index is 14.5. The van der Waals surface area contributed by atoms with Crippen molar-refractivity contribution >= 4 is 78.8 Å². The van der Waals surface area contributed by atoms with Crippen molar-refractivity contribution in [1.82, 2.24) is 0 Å². The van der Waals surface area contributed by atoms with Gasteiger partial charge in [0.25, 0.3) is 5.09 Å². The molecule has 0 bridgehead atoms. The normalized spacial score (nSPS) is 14.6. The summed E-state index contributed by atoms with van der Waals surface area (Å²) in [7, 11) is 1.82. The van der Waals surface area contributed by atoms with Crippen molar-refractivity contribution in [1.29, 1.82) is 0 Å². The summed E-state index contributed by atoms with van der Waals surface area (Å²) in [6, 6.07) is 19.8. The Labute approximate surface area is 318 Å². The fourth-order valence-electron chi connectivity index (χ4n) is 5.40. The Kier molecular flexibility index (Phi) is 13.2. The molecule has 0 N–H and O–H groups in total. The molecule has 3 unspecified atom stereocenters. The predicted molar refractivity (Wildman–Crippen MR) is 202 cm³/mol. The van der Waals surface area contributed by atoms with Gasteiger partial charge < -0.3 is 19.0 Å². The summed E-state index contributed by atoms with van der Waals surface area (Å²) in [4.78, 5) is 55.9. The van der Waals surface area contributed by atoms with Crippen LogP contribution in [0.1, 0.15) is 43.4 Å². The van der Waals surface area contributed by atoms with Crippen molar-refractivity contribution in [3.63, 3.8) is 0 Å². The third kappa shape index (κ3) is 10.6. The molecule has 0 fully saturated rings. The molecule has 53 heavy (non-hydrogen) atoms. The summed E-state index contributed by atoms with van der Waals surface area (Å²) in [5, 5.41) is 9.54. The number of carbonyl (C=O) groups excluding carboxylic acids is 3. The molecule has 0 saturated heterocycles. The van der Waals surface area contributed by atoms with E-state index in [2.05, 4.69) is 4.84 Å². The quantitative estimate of drug-likeness (QED) is 0.0287. The van der Waals surface area contributed by atoms with Crippen LogP contribution in [0.25, 0.3) is 27.7 Å². The first-order valence-electron chi connectivity index (χ1n) is 16.0. The Morgan fingerprint density at radius 3 is 2.34 bits per heavy atom. The van der Waals surface area contributed by atoms with Crippen LogP contribution in [0, 0.1) is 25.7 Å². The summed E-state index contributed by atoms with van der Waals surface area (Å²) in [5.74, 6) is -3.66. The van der Waals surface area contributed by atoms with Gasteiger partial charge in [-0.15, -0.1) is 10.1 Å². The molecular weight excluding hydrogens is 766 g/mol. The zero-order chi connectivity index (χ0) is 38.2. The van der Waals surface area contributed by atoms with Gasteiger partial charge in [0, 0.05) is 33.2 Å². The average molecular weight is 798 g/mol. The van der Waals surface area contributed by atoms with E-state index >= 15 is 0 Å². The van der Waals surface area contributed by atoms with E-state index in [0.29, 0.717) is 27.2 Å². The van der Waals surface area contributed by atoms with Crippen LogP contribution in [0.4, 0.5) is 4.39 Å². The van der Waals surface area contributed by atoms with Crippen molar-refractivity contribution in [2.45, 2.75) is 37.7 Å². The van der Waals surface area contributed by atoms with Crippen molar-refractivity contribution in [2.75, 3.05) is 19.5 Å². The molecule has 5 rings (SSSR count). The highest BCUT2D eigenvalue weighted by Gasteiger charge is 2.31. The monoisotopic (exact) mass is 797 g/mol. The molecule has 1 aliphatic carbocycles. The van der Waals surface area contributed by atoms with Crippen LogP contribution in [0.15, 0.2) is 83.3 Å². The molecule has 1 aromatic heterocycles. The van der Waals surface area contributed by atoms with Gasteiger partial charge in [-0.3, -0.25) is 13.8 Å². The van der Waals surface area contributed by atoms with E-state index in [4.69, 9.17) is 26.4 Å². The summed E-state index contributed by atoms with van der Waals surface area (Å²) < 4.78 is 43.5. The first kappa shape index (κ1) is 39.3. The molecule has 3 aromatic carbocycles. The maximum absolute atomic E-state index is 14.5. The lowest BCUT2D eigenvalue weighted by molar-refractivity contribution is -0.759. The van der Waals surface area contributed by atoms with E-state index in [1.54, 1.807) is 55.6 Å². The number of ether oxygens (including phenoxy) is 3. The summed E-state index contributed by atoms with van der Waals surface area (Å²) in [6.07, 6.45) is 1.14. The zero-order valence-electron chi connectivity index (χ0n) is 28.5. The Hall–Kier alpha value is -4.90. The molecule has 3 atom stereocenters. The number of benzene rings is 3. The number of hydrogen-bond acceptors (Lipinski definition) is 13. The first-order chi connectivity index (χ1) is 25.3. The number of carbonyl (C=O) groups is 3. The fourth-order valence-corrected chi connectivity index (χ4v) is 8.32. The van der Waals surface area contributed by atoms with Gasteiger partial charge in [0.15, 0.2) is 0 Å². The smallest absolute Gasteiger partial charge is 0.356 e. The average Bonchev–Trinajstić information content (AvgIpc) is 3.66. The van der Waals surface area contributed by atoms with Gasteiger partial charge in [0.2, 0.25) is 6.10 Å². The van der Waals surface area contributed by atoms with Crippen LogP contribution >= 0.6 is 32.9 Å². The number of hydrogen-bond donors (Lipinski definition) is 0. The summed E-state index contributed by atoms with van der Waals surface area (Å²) >= 11 is 5.21. The van der Waals surface area contributed by atoms with Crippen LogP contribution in [-0.2, 0) is 39.5 Å². The van der Waals surface area contributed by atoms with Crippen LogP contribution in [-0.4, -0.2) is 52.8 Å². The Morgan fingerprint density at radius 2 is 1.70 bits per heavy atom. The number of halogens is 1. The molecule has 16 heteroatoms. The molecule has 0 aliphatic heterocycles. The van der Waals surface area contributed by atoms with Gasteiger partial charge in [-0.1, -0.05) is 58.0 Å². The molecule has 1 heterocycles. The van der Waals surface area contributed by atoms with Crippen LogP contribution < -0.4 is 4.74 Å². The molecule has 0 spiro atoms. The Balaban J connectivity index is 1.35. The predicted octanol–water partition coefficient (Wildman–Crippen LogP) is 8.10. The van der Waals surface area contributed by atoms with Crippen LogP contribution in [0.5, 0.6) is 5.75 Å². The van der Waals surface area contributed by atoms with Crippen molar-refractivity contribution in [3.8, 4) is 16.2 Å². The molecule has 1 aliphatic rings. The Morgan fingerprint density at radius 1 is 0.981 bits per heavy atom. The second-order valence-corrected chi connectivity index (χ2v) is 16.3. The lowest BCUT2D eigenvalue weighted by atomic mass is 10.0. The molecule has 4 aromatic rings. The SMILES string of the molecule is CC1=C(CC(=O)OC(COC(=O)CC(C)CO[N+](=O)[O-])C(=O)Oc2ccc(-c3cc(=S)ss3)cc2)c2cc(F)ccc2/C1=C\c1ccc(S(C)=O)cc1. The lowest BCUT2D eigenvalue weighted by Gasteiger charge is -2.18. The van der Waals surface area contributed by atoms with Gasteiger partial charge in [-0.25, -0.2) is 9.18 Å². The molecular formula is C37H32FNO10S4. The van der Waals surface area contributed by atoms with E-state index < -0.39 is 58.2 Å². The van der Waals surface area contributed by atoms with E-state index in [1.807, 2.05) is 24.3 Å². The molecule has 276 valence electrons. The van der Waals surface area contributed by atoms with Crippen LogP contribution in [0.3, 0.4) is 0 Å². The molecule has 0 amide bonds. The van der Waals surface area contributed by atoms with Crippen LogP contribution in [0.2, 0.25) is 0 Å². The molecule has 0 saturated carbocycles. The molecule has 0 radical (unpaired) electrons. The summed E-state index contributed by atoms with van der Waals surface area (Å²) in [5.41, 5.74) is 4.70. The highest BCUT2D eigenvalue weighted by molar-refractivity contribution is 7.84. The lowest BCUT2D eigenvalue weighted by Crippen LogP contribution is -2.36. The van der Waals surface area contributed by atoms with Gasteiger partial charge in [-0.05, 0) is 112 Å². The second-order valence-electron chi connectivity index (χ2n) is 12.0. The second kappa shape index (κ2) is 17.7. The summed E-state index contributed by atoms with van der Waals surface area (Å²) in [6.45, 7) is 2.27. The largest absolute Gasteiger partial charge is 0.461 e. The zero-order valence-corrected chi connectivity index (χ0v) is 31.8. The maximum Gasteiger partial charge on any atom is 0.356 e.